The van der Waals surface area contributed by atoms with Crippen molar-refractivity contribution in [1.29, 1.82) is 0 Å². The number of amides is 2. The Morgan fingerprint density at radius 1 is 0.943 bits per heavy atom. The highest BCUT2D eigenvalue weighted by Gasteiger charge is 2.27. The van der Waals surface area contributed by atoms with E-state index in [0.717, 1.165) is 76.8 Å². The molecule has 2 N–H and O–H groups in total. The molecule has 6 nitrogen and oxygen atoms in total. The summed E-state index contributed by atoms with van der Waals surface area (Å²) in [6.07, 6.45) is 8.47. The average Bonchev–Trinajstić information content (AvgIpc) is 3.36. The number of nitrogens with zero attached hydrogens (tertiary/aromatic N) is 1. The Morgan fingerprint density at radius 2 is 1.74 bits per heavy atom. The van der Waals surface area contributed by atoms with Gasteiger partial charge in [-0.15, -0.1) is 0 Å². The van der Waals surface area contributed by atoms with E-state index in [-0.39, 0.29) is 23.8 Å². The molecule has 186 valence electrons. The van der Waals surface area contributed by atoms with Gasteiger partial charge < -0.3 is 20.3 Å². The molecule has 2 heterocycles. The van der Waals surface area contributed by atoms with E-state index in [9.17, 15) is 9.59 Å². The Bertz CT molecular complexity index is 1010. The van der Waals surface area contributed by atoms with E-state index >= 15 is 0 Å². The summed E-state index contributed by atoms with van der Waals surface area (Å²) in [7, 11) is 0. The maximum absolute atomic E-state index is 13.3. The summed E-state index contributed by atoms with van der Waals surface area (Å²) in [6, 6.07) is 16.5. The molecule has 2 aromatic carbocycles. The summed E-state index contributed by atoms with van der Waals surface area (Å²) in [5, 5.41) is 6.12. The monoisotopic (exact) mass is 475 g/mol. The zero-order valence-electron chi connectivity index (χ0n) is 20.5. The fraction of sp³-hybridized carbons (Fsp3) is 0.517. The number of hydrogen-bond acceptors (Lipinski definition) is 4. The predicted octanol–water partition coefficient (Wildman–Crippen LogP) is 4.79. The molecule has 0 spiro atoms. The number of rotatable bonds is 8. The first-order valence-electron chi connectivity index (χ1n) is 13.3. The van der Waals surface area contributed by atoms with Crippen molar-refractivity contribution in [3.8, 4) is 0 Å². The van der Waals surface area contributed by atoms with E-state index in [0.29, 0.717) is 23.7 Å². The fourth-order valence-corrected chi connectivity index (χ4v) is 5.42. The number of carbonyl (C=O) groups is 2. The van der Waals surface area contributed by atoms with Crippen LogP contribution in [0.5, 0.6) is 0 Å². The van der Waals surface area contributed by atoms with Gasteiger partial charge in [0.2, 0.25) is 5.91 Å². The lowest BCUT2D eigenvalue weighted by molar-refractivity contribution is -0.122. The zero-order valence-corrected chi connectivity index (χ0v) is 20.5. The highest BCUT2D eigenvalue weighted by Crippen LogP contribution is 2.32. The highest BCUT2D eigenvalue weighted by atomic mass is 16.5. The van der Waals surface area contributed by atoms with Gasteiger partial charge in [-0.25, -0.2) is 0 Å². The second-order valence-corrected chi connectivity index (χ2v) is 10.3. The second kappa shape index (κ2) is 11.3. The van der Waals surface area contributed by atoms with Crippen LogP contribution < -0.4 is 15.5 Å². The molecular weight excluding hydrogens is 438 g/mol. The van der Waals surface area contributed by atoms with Crippen LogP contribution in [-0.4, -0.2) is 44.2 Å². The maximum Gasteiger partial charge on any atom is 0.253 e. The van der Waals surface area contributed by atoms with Crippen molar-refractivity contribution in [2.75, 3.05) is 36.5 Å². The van der Waals surface area contributed by atoms with Crippen LogP contribution in [0.3, 0.4) is 0 Å². The van der Waals surface area contributed by atoms with Crippen LogP contribution in [0.2, 0.25) is 0 Å². The van der Waals surface area contributed by atoms with Crippen molar-refractivity contribution < 1.29 is 14.3 Å². The smallest absolute Gasteiger partial charge is 0.253 e. The van der Waals surface area contributed by atoms with Crippen LogP contribution in [0.4, 0.5) is 11.4 Å². The lowest BCUT2D eigenvalue weighted by Gasteiger charge is -2.35. The first kappa shape index (κ1) is 23.9. The molecule has 1 atom stereocenters. The molecule has 6 heteroatoms. The Hall–Kier alpha value is -2.86. The Labute approximate surface area is 208 Å². The van der Waals surface area contributed by atoms with Gasteiger partial charge in [-0.3, -0.25) is 9.59 Å². The normalized spacial score (nSPS) is 20.9. The quantitative estimate of drug-likeness (QED) is 0.576. The van der Waals surface area contributed by atoms with E-state index in [1.165, 1.54) is 5.56 Å². The number of nitrogens with one attached hydrogen (secondary N) is 2. The zero-order chi connectivity index (χ0) is 24.0. The minimum absolute atomic E-state index is 0.0661. The Kier molecular flexibility index (Phi) is 7.67. The van der Waals surface area contributed by atoms with Crippen LogP contribution in [0, 0.1) is 11.8 Å². The third kappa shape index (κ3) is 6.04. The molecule has 1 aliphatic carbocycles. The molecule has 0 aromatic heterocycles. The van der Waals surface area contributed by atoms with Crippen molar-refractivity contribution in [1.82, 2.24) is 5.32 Å². The maximum atomic E-state index is 13.3. The summed E-state index contributed by atoms with van der Waals surface area (Å²) in [5.74, 6) is 0.736. The van der Waals surface area contributed by atoms with Gasteiger partial charge in [0, 0.05) is 43.5 Å². The first-order chi connectivity index (χ1) is 17.2. The second-order valence-electron chi connectivity index (χ2n) is 10.3. The molecule has 2 saturated heterocycles. The molecule has 3 aliphatic rings. The molecule has 3 fully saturated rings. The molecule has 35 heavy (non-hydrogen) atoms. The third-order valence-corrected chi connectivity index (χ3v) is 7.82. The lowest BCUT2D eigenvalue weighted by atomic mass is 9.85. The molecule has 0 radical (unpaired) electrons. The predicted molar refractivity (Wildman–Crippen MR) is 139 cm³/mol. The molecule has 1 unspecified atom stereocenters. The molecule has 2 aromatic rings. The SMILES string of the molecule is O=C(NCC1CCCO1)c1cc(NC(=O)C2CCC2)ccc1N1CCC(Cc2ccccc2)CC1. The van der Waals surface area contributed by atoms with E-state index in [4.69, 9.17) is 4.74 Å². The van der Waals surface area contributed by atoms with Gasteiger partial charge in [0.05, 0.1) is 11.7 Å². The molecule has 2 amide bonds. The van der Waals surface area contributed by atoms with E-state index in [2.05, 4.69) is 45.9 Å². The summed E-state index contributed by atoms with van der Waals surface area (Å²) < 4.78 is 5.69. The van der Waals surface area contributed by atoms with Crippen molar-refractivity contribution in [2.24, 2.45) is 11.8 Å². The van der Waals surface area contributed by atoms with Gasteiger partial charge in [-0.05, 0) is 74.6 Å². The van der Waals surface area contributed by atoms with Gasteiger partial charge >= 0.3 is 0 Å². The number of piperidine rings is 1. The van der Waals surface area contributed by atoms with Crippen LogP contribution in [0.15, 0.2) is 48.5 Å². The Balaban J connectivity index is 1.27. The van der Waals surface area contributed by atoms with Gasteiger partial charge in [0.1, 0.15) is 0 Å². The van der Waals surface area contributed by atoms with Crippen LogP contribution >= 0.6 is 0 Å². The number of carbonyl (C=O) groups excluding carboxylic acids is 2. The summed E-state index contributed by atoms with van der Waals surface area (Å²) in [4.78, 5) is 28.1. The highest BCUT2D eigenvalue weighted by molar-refractivity contribution is 6.02. The van der Waals surface area contributed by atoms with Crippen molar-refractivity contribution in [3.05, 3.63) is 59.7 Å². The third-order valence-electron chi connectivity index (χ3n) is 7.82. The average molecular weight is 476 g/mol. The molecule has 1 saturated carbocycles. The van der Waals surface area contributed by atoms with Crippen LogP contribution in [0.25, 0.3) is 0 Å². The van der Waals surface area contributed by atoms with E-state index < -0.39 is 0 Å². The lowest BCUT2D eigenvalue weighted by Crippen LogP contribution is -2.37. The van der Waals surface area contributed by atoms with Crippen molar-refractivity contribution in [2.45, 2.75) is 57.5 Å². The minimum atomic E-state index is -0.0957. The van der Waals surface area contributed by atoms with Crippen LogP contribution in [0.1, 0.15) is 60.9 Å². The van der Waals surface area contributed by atoms with Gasteiger partial charge in [-0.2, -0.15) is 0 Å². The molecule has 0 bridgehead atoms. The number of hydrogen-bond donors (Lipinski definition) is 2. The van der Waals surface area contributed by atoms with Gasteiger partial charge in [0.25, 0.3) is 5.91 Å². The summed E-state index contributed by atoms with van der Waals surface area (Å²) in [5.41, 5.74) is 3.68. The minimum Gasteiger partial charge on any atom is -0.376 e. The first-order valence-corrected chi connectivity index (χ1v) is 13.3. The topological polar surface area (TPSA) is 70.7 Å². The van der Waals surface area contributed by atoms with E-state index in [1.807, 2.05) is 18.2 Å². The number of benzene rings is 2. The van der Waals surface area contributed by atoms with Crippen molar-refractivity contribution >= 4 is 23.2 Å². The molecule has 5 rings (SSSR count). The van der Waals surface area contributed by atoms with E-state index in [1.54, 1.807) is 0 Å². The standard InChI is InChI=1S/C29H37N3O3/c33-28(23-8-4-9-23)31-24-11-12-27(26(19-24)29(34)30-20-25-10-5-17-35-25)32-15-13-22(14-16-32)18-21-6-2-1-3-7-21/h1-3,6-7,11-12,19,22-23,25H,4-5,8-10,13-18,20H2,(H,30,34)(H,31,33). The van der Waals surface area contributed by atoms with Gasteiger partial charge in [0.15, 0.2) is 0 Å². The number of anilines is 2. The molecule has 2 aliphatic heterocycles. The van der Waals surface area contributed by atoms with Crippen molar-refractivity contribution in [3.63, 3.8) is 0 Å². The summed E-state index contributed by atoms with van der Waals surface area (Å²) >= 11 is 0. The fourth-order valence-electron chi connectivity index (χ4n) is 5.42. The van der Waals surface area contributed by atoms with Gasteiger partial charge in [-0.1, -0.05) is 36.8 Å². The largest absolute Gasteiger partial charge is 0.376 e. The Morgan fingerprint density at radius 3 is 2.43 bits per heavy atom. The summed E-state index contributed by atoms with van der Waals surface area (Å²) in [6.45, 7) is 3.15. The van der Waals surface area contributed by atoms with Crippen LogP contribution in [-0.2, 0) is 16.0 Å². The molecular formula is C29H37N3O3. The number of ether oxygens (including phenoxy) is 1.